The SMILES string of the molecule is C=Cc1cc(-c2cc(C#N)c(N3CCNC(C4CC4)C3)nc2C2CC2)c(C#N)cn1. The summed E-state index contributed by atoms with van der Waals surface area (Å²) < 4.78 is 0. The second kappa shape index (κ2) is 7.55. The van der Waals surface area contributed by atoms with Crippen LogP contribution in [0.25, 0.3) is 17.2 Å². The van der Waals surface area contributed by atoms with E-state index in [1.165, 1.54) is 12.8 Å². The van der Waals surface area contributed by atoms with E-state index in [9.17, 15) is 10.5 Å². The van der Waals surface area contributed by atoms with Gasteiger partial charge in [-0.05, 0) is 49.8 Å². The van der Waals surface area contributed by atoms with E-state index in [1.807, 2.05) is 12.1 Å². The van der Waals surface area contributed by atoms with Crippen LogP contribution in [0.3, 0.4) is 0 Å². The van der Waals surface area contributed by atoms with E-state index >= 15 is 0 Å². The molecular weight excluding hydrogens is 372 g/mol. The number of pyridine rings is 2. The van der Waals surface area contributed by atoms with E-state index in [0.717, 1.165) is 61.0 Å². The third kappa shape index (κ3) is 3.44. The molecule has 1 saturated heterocycles. The van der Waals surface area contributed by atoms with Crippen LogP contribution >= 0.6 is 0 Å². The molecule has 0 spiro atoms. The van der Waals surface area contributed by atoms with E-state index in [-0.39, 0.29) is 0 Å². The van der Waals surface area contributed by atoms with Crippen molar-refractivity contribution in [2.24, 2.45) is 5.92 Å². The average Bonchev–Trinajstić information content (AvgIpc) is 3.71. The zero-order valence-electron chi connectivity index (χ0n) is 16.9. The third-order valence-electron chi connectivity index (χ3n) is 6.36. The molecule has 1 unspecified atom stereocenters. The van der Waals surface area contributed by atoms with Crippen molar-refractivity contribution < 1.29 is 0 Å². The summed E-state index contributed by atoms with van der Waals surface area (Å²) in [6, 6.07) is 8.92. The second-order valence-corrected chi connectivity index (χ2v) is 8.49. The number of nitriles is 2. The topological polar surface area (TPSA) is 88.6 Å². The lowest BCUT2D eigenvalue weighted by molar-refractivity contribution is 0.417. The molecule has 3 heterocycles. The van der Waals surface area contributed by atoms with Gasteiger partial charge in [0.2, 0.25) is 0 Å². The van der Waals surface area contributed by atoms with Crippen LogP contribution in [0.15, 0.2) is 24.9 Å². The fraction of sp³-hybridized carbons (Fsp3) is 0.417. The first-order chi connectivity index (χ1) is 14.7. The summed E-state index contributed by atoms with van der Waals surface area (Å²) in [4.78, 5) is 11.6. The van der Waals surface area contributed by atoms with E-state index in [0.29, 0.717) is 28.8 Å². The minimum atomic E-state index is 0.389. The van der Waals surface area contributed by atoms with Crippen LogP contribution in [-0.2, 0) is 0 Å². The van der Waals surface area contributed by atoms with Crippen molar-refractivity contribution in [3.8, 4) is 23.3 Å². The van der Waals surface area contributed by atoms with E-state index in [4.69, 9.17) is 4.98 Å². The highest BCUT2D eigenvalue weighted by atomic mass is 15.2. The van der Waals surface area contributed by atoms with Crippen molar-refractivity contribution in [2.75, 3.05) is 24.5 Å². The highest BCUT2D eigenvalue weighted by molar-refractivity contribution is 5.77. The van der Waals surface area contributed by atoms with Gasteiger partial charge in [0.1, 0.15) is 18.0 Å². The fourth-order valence-corrected chi connectivity index (χ4v) is 4.40. The number of hydrogen-bond acceptors (Lipinski definition) is 6. The number of aromatic nitrogens is 2. The molecule has 2 saturated carbocycles. The largest absolute Gasteiger partial charge is 0.353 e. The first-order valence-electron chi connectivity index (χ1n) is 10.7. The van der Waals surface area contributed by atoms with Gasteiger partial charge in [-0.25, -0.2) is 4.98 Å². The Morgan fingerprint density at radius 1 is 1.10 bits per heavy atom. The molecule has 0 bridgehead atoms. The first kappa shape index (κ1) is 18.8. The highest BCUT2D eigenvalue weighted by Crippen LogP contribution is 2.45. The average molecular weight is 396 g/mol. The number of rotatable bonds is 5. The quantitative estimate of drug-likeness (QED) is 0.831. The van der Waals surface area contributed by atoms with E-state index in [1.54, 1.807) is 12.3 Å². The van der Waals surface area contributed by atoms with Crippen LogP contribution in [0.2, 0.25) is 0 Å². The van der Waals surface area contributed by atoms with Gasteiger partial charge in [0.05, 0.1) is 22.5 Å². The molecule has 0 amide bonds. The van der Waals surface area contributed by atoms with Gasteiger partial charge in [0, 0.05) is 48.9 Å². The summed E-state index contributed by atoms with van der Waals surface area (Å²) in [5.74, 6) is 1.94. The number of piperazine rings is 1. The number of hydrogen-bond donors (Lipinski definition) is 1. The lowest BCUT2D eigenvalue weighted by Crippen LogP contribution is -2.52. The van der Waals surface area contributed by atoms with Crippen LogP contribution in [0.1, 0.15) is 54.1 Å². The molecule has 6 nitrogen and oxygen atoms in total. The van der Waals surface area contributed by atoms with Gasteiger partial charge in [0.15, 0.2) is 0 Å². The Morgan fingerprint density at radius 2 is 1.90 bits per heavy atom. The lowest BCUT2D eigenvalue weighted by atomic mass is 9.95. The smallest absolute Gasteiger partial charge is 0.146 e. The molecule has 1 aliphatic heterocycles. The van der Waals surface area contributed by atoms with Crippen LogP contribution < -0.4 is 10.2 Å². The predicted molar refractivity (Wildman–Crippen MR) is 116 cm³/mol. The maximum Gasteiger partial charge on any atom is 0.146 e. The molecular formula is C24H24N6. The van der Waals surface area contributed by atoms with E-state index in [2.05, 4.69) is 33.9 Å². The van der Waals surface area contributed by atoms with E-state index < -0.39 is 0 Å². The predicted octanol–water partition coefficient (Wildman–Crippen LogP) is 3.60. The molecule has 6 heteroatoms. The zero-order chi connectivity index (χ0) is 20.7. The molecule has 1 N–H and O–H groups in total. The fourth-order valence-electron chi connectivity index (χ4n) is 4.40. The molecule has 150 valence electrons. The molecule has 2 aromatic rings. The normalized spacial score (nSPS) is 21.0. The molecule has 5 rings (SSSR count). The minimum absolute atomic E-state index is 0.389. The minimum Gasteiger partial charge on any atom is -0.353 e. The maximum atomic E-state index is 9.95. The molecule has 0 radical (unpaired) electrons. The van der Waals surface area contributed by atoms with Crippen molar-refractivity contribution in [1.29, 1.82) is 10.5 Å². The molecule has 0 aromatic carbocycles. The van der Waals surface area contributed by atoms with Crippen molar-refractivity contribution in [2.45, 2.75) is 37.6 Å². The van der Waals surface area contributed by atoms with Gasteiger partial charge in [-0.15, -0.1) is 0 Å². The van der Waals surface area contributed by atoms with Crippen LogP contribution in [0.5, 0.6) is 0 Å². The zero-order valence-corrected chi connectivity index (χ0v) is 16.9. The Hall–Kier alpha value is -3.22. The Kier molecular flexibility index (Phi) is 4.73. The Balaban J connectivity index is 1.61. The Labute approximate surface area is 176 Å². The van der Waals surface area contributed by atoms with Gasteiger partial charge in [-0.1, -0.05) is 6.58 Å². The molecule has 3 aliphatic rings. The lowest BCUT2D eigenvalue weighted by Gasteiger charge is -2.35. The molecule has 1 atom stereocenters. The summed E-state index contributed by atoms with van der Waals surface area (Å²) in [5.41, 5.74) is 4.46. The Morgan fingerprint density at radius 3 is 2.57 bits per heavy atom. The number of nitrogens with zero attached hydrogens (tertiary/aromatic N) is 5. The summed E-state index contributed by atoms with van der Waals surface area (Å²) in [6.45, 7) is 6.47. The first-order valence-corrected chi connectivity index (χ1v) is 10.7. The second-order valence-electron chi connectivity index (χ2n) is 8.49. The number of nitrogens with one attached hydrogen (secondary N) is 1. The molecule has 3 fully saturated rings. The highest BCUT2D eigenvalue weighted by Gasteiger charge is 2.36. The summed E-state index contributed by atoms with van der Waals surface area (Å²) >= 11 is 0. The van der Waals surface area contributed by atoms with Crippen molar-refractivity contribution in [1.82, 2.24) is 15.3 Å². The van der Waals surface area contributed by atoms with Crippen molar-refractivity contribution in [3.05, 3.63) is 47.4 Å². The molecule has 2 aromatic heterocycles. The Bertz CT molecular complexity index is 1080. The summed E-state index contributed by atoms with van der Waals surface area (Å²) in [5, 5.41) is 23.2. The summed E-state index contributed by atoms with van der Waals surface area (Å²) in [7, 11) is 0. The van der Waals surface area contributed by atoms with Gasteiger partial charge < -0.3 is 10.2 Å². The van der Waals surface area contributed by atoms with Crippen LogP contribution in [0.4, 0.5) is 5.82 Å². The maximum absolute atomic E-state index is 9.95. The van der Waals surface area contributed by atoms with Crippen molar-refractivity contribution in [3.63, 3.8) is 0 Å². The third-order valence-corrected chi connectivity index (χ3v) is 6.36. The monoisotopic (exact) mass is 396 g/mol. The van der Waals surface area contributed by atoms with Gasteiger partial charge in [-0.3, -0.25) is 4.98 Å². The van der Waals surface area contributed by atoms with Gasteiger partial charge in [-0.2, -0.15) is 10.5 Å². The van der Waals surface area contributed by atoms with Gasteiger partial charge in [0.25, 0.3) is 0 Å². The molecule has 2 aliphatic carbocycles. The van der Waals surface area contributed by atoms with Crippen molar-refractivity contribution >= 4 is 11.9 Å². The van der Waals surface area contributed by atoms with Crippen LogP contribution in [0, 0.1) is 28.6 Å². The standard InChI is InChI=1S/C24H24N6/c1-2-19-10-20(18(12-26)13-28-19)21-9-17(11-25)24(29-23(21)16-5-6-16)30-8-7-27-22(14-30)15-3-4-15/h2,9-10,13,15-16,22,27H,1,3-8,14H2. The summed E-state index contributed by atoms with van der Waals surface area (Å²) in [6.07, 6.45) is 8.03. The number of anilines is 1. The van der Waals surface area contributed by atoms with Crippen LogP contribution in [-0.4, -0.2) is 35.6 Å². The molecule has 30 heavy (non-hydrogen) atoms. The van der Waals surface area contributed by atoms with Gasteiger partial charge >= 0.3 is 0 Å².